The second kappa shape index (κ2) is 9.63. The summed E-state index contributed by atoms with van der Waals surface area (Å²) in [6, 6.07) is 5.37. The van der Waals surface area contributed by atoms with Crippen molar-refractivity contribution in [1.82, 2.24) is 4.90 Å². The highest BCUT2D eigenvalue weighted by molar-refractivity contribution is 5.91. The maximum atomic E-state index is 12.1. The Morgan fingerprint density at radius 2 is 1.74 bits per heavy atom. The number of hydrogen-bond donors (Lipinski definition) is 1. The lowest BCUT2D eigenvalue weighted by Gasteiger charge is -2.29. The number of carbonyl (C=O) groups is 1. The van der Waals surface area contributed by atoms with Crippen LogP contribution in [0.5, 0.6) is 11.5 Å². The molecular formula is C17H27ClN2O3. The molecule has 1 aromatic rings. The number of likely N-dealkylation sites (tertiary alicyclic amines) is 1. The lowest BCUT2D eigenvalue weighted by molar-refractivity contribution is -0.116. The first-order valence-electron chi connectivity index (χ1n) is 7.86. The summed E-state index contributed by atoms with van der Waals surface area (Å²) in [5.74, 6) is 2.17. The molecule has 23 heavy (non-hydrogen) atoms. The van der Waals surface area contributed by atoms with Gasteiger partial charge in [-0.1, -0.05) is 6.92 Å². The molecule has 0 radical (unpaired) electrons. The van der Waals surface area contributed by atoms with Gasteiger partial charge in [0.25, 0.3) is 0 Å². The number of ether oxygens (including phenoxy) is 2. The Balaban J connectivity index is 0.00000264. The Kier molecular flexibility index (Phi) is 8.20. The number of amides is 1. The molecule has 130 valence electrons. The van der Waals surface area contributed by atoms with Crippen LogP contribution in [0.15, 0.2) is 18.2 Å². The molecule has 6 heteroatoms. The fourth-order valence-electron chi connectivity index (χ4n) is 2.65. The molecule has 1 fully saturated rings. The van der Waals surface area contributed by atoms with Crippen molar-refractivity contribution in [2.24, 2.45) is 5.92 Å². The van der Waals surface area contributed by atoms with E-state index in [1.54, 1.807) is 32.4 Å². The lowest BCUT2D eigenvalue weighted by Crippen LogP contribution is -2.35. The van der Waals surface area contributed by atoms with E-state index in [0.717, 1.165) is 25.6 Å². The summed E-state index contributed by atoms with van der Waals surface area (Å²) in [6.07, 6.45) is 2.97. The molecule has 0 saturated carbocycles. The van der Waals surface area contributed by atoms with Crippen LogP contribution in [0.3, 0.4) is 0 Å². The average Bonchev–Trinajstić information content (AvgIpc) is 2.54. The minimum Gasteiger partial charge on any atom is -0.497 e. The maximum Gasteiger partial charge on any atom is 0.225 e. The minimum absolute atomic E-state index is 0. The third-order valence-corrected chi connectivity index (χ3v) is 4.17. The van der Waals surface area contributed by atoms with E-state index in [-0.39, 0.29) is 18.3 Å². The molecule has 0 aliphatic carbocycles. The molecule has 1 amide bonds. The van der Waals surface area contributed by atoms with Gasteiger partial charge in [-0.15, -0.1) is 12.4 Å². The van der Waals surface area contributed by atoms with E-state index in [2.05, 4.69) is 17.1 Å². The molecule has 0 spiro atoms. The van der Waals surface area contributed by atoms with E-state index >= 15 is 0 Å². The van der Waals surface area contributed by atoms with Gasteiger partial charge in [-0.2, -0.15) is 0 Å². The number of methoxy groups -OCH3 is 2. The summed E-state index contributed by atoms with van der Waals surface area (Å²) in [5, 5.41) is 2.91. The summed E-state index contributed by atoms with van der Waals surface area (Å²) >= 11 is 0. The van der Waals surface area contributed by atoms with Crippen LogP contribution in [0.2, 0.25) is 0 Å². The van der Waals surface area contributed by atoms with Crippen LogP contribution in [0.25, 0.3) is 0 Å². The number of hydrogen-bond acceptors (Lipinski definition) is 4. The SMILES string of the molecule is COc1cc(NC(=O)CCN2CCC(C)CC2)cc(OC)c1.Cl. The minimum atomic E-state index is 0. The zero-order valence-electron chi connectivity index (χ0n) is 14.1. The van der Waals surface area contributed by atoms with E-state index in [1.165, 1.54) is 12.8 Å². The van der Waals surface area contributed by atoms with Gasteiger partial charge in [-0.25, -0.2) is 0 Å². The molecule has 0 aromatic heterocycles. The number of rotatable bonds is 6. The molecule has 1 aliphatic heterocycles. The largest absolute Gasteiger partial charge is 0.497 e. The Bertz CT molecular complexity index is 480. The van der Waals surface area contributed by atoms with Gasteiger partial charge in [0.1, 0.15) is 11.5 Å². The predicted octanol–water partition coefficient (Wildman–Crippen LogP) is 3.19. The van der Waals surface area contributed by atoms with Crippen molar-refractivity contribution in [2.75, 3.05) is 39.2 Å². The van der Waals surface area contributed by atoms with Gasteiger partial charge < -0.3 is 19.7 Å². The summed E-state index contributed by atoms with van der Waals surface area (Å²) in [5.41, 5.74) is 0.702. The molecule has 1 saturated heterocycles. The van der Waals surface area contributed by atoms with E-state index in [4.69, 9.17) is 9.47 Å². The van der Waals surface area contributed by atoms with Crippen LogP contribution < -0.4 is 14.8 Å². The highest BCUT2D eigenvalue weighted by Crippen LogP contribution is 2.25. The first-order chi connectivity index (χ1) is 10.6. The summed E-state index contributed by atoms with van der Waals surface area (Å²) in [6.45, 7) is 5.31. The predicted molar refractivity (Wildman–Crippen MR) is 94.9 cm³/mol. The number of piperidine rings is 1. The zero-order chi connectivity index (χ0) is 15.9. The maximum absolute atomic E-state index is 12.1. The fourth-order valence-corrected chi connectivity index (χ4v) is 2.65. The number of nitrogens with zero attached hydrogens (tertiary/aromatic N) is 1. The van der Waals surface area contributed by atoms with Crippen LogP contribution in [-0.4, -0.2) is 44.7 Å². The number of benzene rings is 1. The Hall–Kier alpha value is -1.46. The Morgan fingerprint density at radius 3 is 2.26 bits per heavy atom. The molecular weight excluding hydrogens is 316 g/mol. The van der Waals surface area contributed by atoms with Gasteiger partial charge in [-0.3, -0.25) is 4.79 Å². The van der Waals surface area contributed by atoms with E-state index in [9.17, 15) is 4.79 Å². The van der Waals surface area contributed by atoms with Crippen molar-refractivity contribution < 1.29 is 14.3 Å². The monoisotopic (exact) mass is 342 g/mol. The second-order valence-electron chi connectivity index (χ2n) is 5.92. The summed E-state index contributed by atoms with van der Waals surface area (Å²) < 4.78 is 10.4. The molecule has 1 heterocycles. The summed E-state index contributed by atoms with van der Waals surface area (Å²) in [7, 11) is 3.19. The van der Waals surface area contributed by atoms with Crippen molar-refractivity contribution in [1.29, 1.82) is 0 Å². The second-order valence-corrected chi connectivity index (χ2v) is 5.92. The normalized spacial score (nSPS) is 15.6. The van der Waals surface area contributed by atoms with Crippen molar-refractivity contribution in [3.63, 3.8) is 0 Å². The highest BCUT2D eigenvalue weighted by atomic mass is 35.5. The van der Waals surface area contributed by atoms with Crippen LogP contribution in [0, 0.1) is 5.92 Å². The first kappa shape index (κ1) is 19.6. The fraction of sp³-hybridized carbons (Fsp3) is 0.588. The molecule has 2 rings (SSSR count). The van der Waals surface area contributed by atoms with Gasteiger partial charge in [0.15, 0.2) is 0 Å². The van der Waals surface area contributed by atoms with Crippen molar-refractivity contribution in [2.45, 2.75) is 26.2 Å². The van der Waals surface area contributed by atoms with Gasteiger partial charge in [0.05, 0.1) is 14.2 Å². The Labute approximate surface area is 144 Å². The summed E-state index contributed by atoms with van der Waals surface area (Å²) in [4.78, 5) is 14.5. The Morgan fingerprint density at radius 1 is 1.17 bits per heavy atom. The van der Waals surface area contributed by atoms with E-state index in [0.29, 0.717) is 23.6 Å². The van der Waals surface area contributed by atoms with Gasteiger partial charge in [0, 0.05) is 36.9 Å². The van der Waals surface area contributed by atoms with Crippen molar-refractivity contribution in [3.05, 3.63) is 18.2 Å². The quantitative estimate of drug-likeness (QED) is 0.862. The van der Waals surface area contributed by atoms with Gasteiger partial charge >= 0.3 is 0 Å². The van der Waals surface area contributed by atoms with Crippen molar-refractivity contribution >= 4 is 24.0 Å². The van der Waals surface area contributed by atoms with Gasteiger partial charge in [0.2, 0.25) is 5.91 Å². The highest BCUT2D eigenvalue weighted by Gasteiger charge is 2.16. The van der Waals surface area contributed by atoms with Crippen molar-refractivity contribution in [3.8, 4) is 11.5 Å². The molecule has 0 atom stereocenters. The zero-order valence-corrected chi connectivity index (χ0v) is 14.9. The topological polar surface area (TPSA) is 50.8 Å². The van der Waals surface area contributed by atoms with Crippen LogP contribution >= 0.6 is 12.4 Å². The van der Waals surface area contributed by atoms with Crippen LogP contribution in [0.4, 0.5) is 5.69 Å². The van der Waals surface area contributed by atoms with Gasteiger partial charge in [-0.05, 0) is 31.8 Å². The lowest BCUT2D eigenvalue weighted by atomic mass is 9.99. The van der Waals surface area contributed by atoms with E-state index < -0.39 is 0 Å². The molecule has 5 nitrogen and oxygen atoms in total. The average molecular weight is 343 g/mol. The molecule has 0 bridgehead atoms. The number of nitrogens with one attached hydrogen (secondary N) is 1. The standard InChI is InChI=1S/C17H26N2O3.ClH/c1-13-4-7-19(8-5-13)9-6-17(20)18-14-10-15(21-2)12-16(11-14)22-3;/h10-13H,4-9H2,1-3H3,(H,18,20);1H. The number of carbonyl (C=O) groups excluding carboxylic acids is 1. The molecule has 1 N–H and O–H groups in total. The number of anilines is 1. The van der Waals surface area contributed by atoms with Crippen LogP contribution in [-0.2, 0) is 4.79 Å². The first-order valence-corrected chi connectivity index (χ1v) is 7.86. The molecule has 1 aromatic carbocycles. The van der Waals surface area contributed by atoms with E-state index in [1.807, 2.05) is 0 Å². The molecule has 0 unspecified atom stereocenters. The number of halogens is 1. The molecule has 1 aliphatic rings. The third kappa shape index (κ3) is 6.28. The smallest absolute Gasteiger partial charge is 0.225 e. The van der Waals surface area contributed by atoms with Crippen LogP contribution in [0.1, 0.15) is 26.2 Å². The third-order valence-electron chi connectivity index (χ3n) is 4.17.